The van der Waals surface area contributed by atoms with Gasteiger partial charge in [-0.1, -0.05) is 11.6 Å². The molecular weight excluding hydrogens is 264 g/mol. The lowest BCUT2D eigenvalue weighted by atomic mass is 10.2. The Kier molecular flexibility index (Phi) is 4.43. The molecule has 0 atom stereocenters. The van der Waals surface area contributed by atoms with E-state index in [9.17, 15) is 9.59 Å². The number of anilines is 1. The average Bonchev–Trinajstić information content (AvgIpc) is 2.64. The van der Waals surface area contributed by atoms with E-state index in [1.165, 1.54) is 0 Å². The number of halogens is 1. The summed E-state index contributed by atoms with van der Waals surface area (Å²) in [5, 5.41) is 0.472. The van der Waals surface area contributed by atoms with E-state index in [1.807, 2.05) is 17.0 Å². The van der Waals surface area contributed by atoms with Crippen molar-refractivity contribution in [2.24, 2.45) is 0 Å². The number of carbonyl (C=O) groups excluding carboxylic acids is 2. The van der Waals surface area contributed by atoms with Gasteiger partial charge in [-0.25, -0.2) is 0 Å². The SMILES string of the molecule is CC(=O)N1CCCN(c2ccc(C=O)c(Cl)c2)CC1. The molecular formula is C14H17ClN2O2. The minimum absolute atomic E-state index is 0.121. The summed E-state index contributed by atoms with van der Waals surface area (Å²) in [5.41, 5.74) is 1.51. The van der Waals surface area contributed by atoms with Crippen molar-refractivity contribution >= 4 is 29.5 Å². The summed E-state index contributed by atoms with van der Waals surface area (Å²) in [6.45, 7) is 4.80. The molecule has 0 aromatic heterocycles. The standard InChI is InChI=1S/C14H17ClN2O2/c1-11(19)16-5-2-6-17(8-7-16)13-4-3-12(10-18)14(15)9-13/h3-4,9-10H,2,5-8H2,1H3. The Labute approximate surface area is 117 Å². The van der Waals surface area contributed by atoms with Crippen molar-refractivity contribution in [3.05, 3.63) is 28.8 Å². The zero-order chi connectivity index (χ0) is 13.8. The first-order valence-corrected chi connectivity index (χ1v) is 6.75. The van der Waals surface area contributed by atoms with E-state index < -0.39 is 0 Å². The van der Waals surface area contributed by atoms with E-state index in [0.29, 0.717) is 10.6 Å². The van der Waals surface area contributed by atoms with Crippen LogP contribution in [0.2, 0.25) is 5.02 Å². The van der Waals surface area contributed by atoms with Crippen LogP contribution < -0.4 is 4.90 Å². The molecule has 2 rings (SSSR count). The van der Waals surface area contributed by atoms with Gasteiger partial charge in [0.2, 0.25) is 5.91 Å². The normalized spacial score (nSPS) is 16.1. The first-order chi connectivity index (χ1) is 9.11. The van der Waals surface area contributed by atoms with E-state index in [-0.39, 0.29) is 5.91 Å². The van der Waals surface area contributed by atoms with E-state index >= 15 is 0 Å². The Bertz CT molecular complexity index is 490. The first-order valence-electron chi connectivity index (χ1n) is 6.37. The van der Waals surface area contributed by atoms with Crippen molar-refractivity contribution < 1.29 is 9.59 Å². The minimum Gasteiger partial charge on any atom is -0.370 e. The van der Waals surface area contributed by atoms with Gasteiger partial charge in [-0.05, 0) is 24.6 Å². The van der Waals surface area contributed by atoms with Crippen LogP contribution in [0.4, 0.5) is 5.69 Å². The molecule has 4 nitrogen and oxygen atoms in total. The molecule has 0 aliphatic carbocycles. The summed E-state index contributed by atoms with van der Waals surface area (Å²) in [5.74, 6) is 0.121. The molecule has 0 unspecified atom stereocenters. The van der Waals surface area contributed by atoms with Gasteiger partial charge in [0.25, 0.3) is 0 Å². The van der Waals surface area contributed by atoms with Crippen molar-refractivity contribution in [1.82, 2.24) is 4.90 Å². The quantitative estimate of drug-likeness (QED) is 0.780. The van der Waals surface area contributed by atoms with Crippen LogP contribution in [0.3, 0.4) is 0 Å². The summed E-state index contributed by atoms with van der Waals surface area (Å²) in [6, 6.07) is 5.45. The van der Waals surface area contributed by atoms with Gasteiger partial charge in [0.1, 0.15) is 0 Å². The van der Waals surface area contributed by atoms with Crippen LogP contribution >= 0.6 is 11.6 Å². The van der Waals surface area contributed by atoms with Gasteiger partial charge >= 0.3 is 0 Å². The number of nitrogens with zero attached hydrogens (tertiary/aromatic N) is 2. The molecule has 1 aliphatic rings. The van der Waals surface area contributed by atoms with Crippen molar-refractivity contribution in [1.29, 1.82) is 0 Å². The molecule has 1 amide bonds. The van der Waals surface area contributed by atoms with Crippen molar-refractivity contribution in [2.45, 2.75) is 13.3 Å². The smallest absolute Gasteiger partial charge is 0.219 e. The Hall–Kier alpha value is -1.55. The Balaban J connectivity index is 2.12. The molecule has 102 valence electrons. The molecule has 1 aromatic carbocycles. The highest BCUT2D eigenvalue weighted by Gasteiger charge is 2.17. The largest absolute Gasteiger partial charge is 0.370 e. The number of aldehydes is 1. The Morgan fingerprint density at radius 2 is 2.05 bits per heavy atom. The van der Waals surface area contributed by atoms with E-state index in [1.54, 1.807) is 13.0 Å². The fourth-order valence-electron chi connectivity index (χ4n) is 2.30. The highest BCUT2D eigenvalue weighted by Crippen LogP contribution is 2.23. The number of hydrogen-bond donors (Lipinski definition) is 0. The Morgan fingerprint density at radius 1 is 1.26 bits per heavy atom. The number of rotatable bonds is 2. The zero-order valence-corrected chi connectivity index (χ0v) is 11.7. The highest BCUT2D eigenvalue weighted by molar-refractivity contribution is 6.33. The first kappa shape index (κ1) is 13.9. The molecule has 1 saturated heterocycles. The topological polar surface area (TPSA) is 40.6 Å². The third kappa shape index (κ3) is 3.26. The lowest BCUT2D eigenvalue weighted by Gasteiger charge is -2.23. The summed E-state index contributed by atoms with van der Waals surface area (Å²) in [7, 11) is 0. The third-order valence-corrected chi connectivity index (χ3v) is 3.74. The number of hydrogen-bond acceptors (Lipinski definition) is 3. The van der Waals surface area contributed by atoms with E-state index in [4.69, 9.17) is 11.6 Å². The molecule has 0 radical (unpaired) electrons. The van der Waals surface area contributed by atoms with Gasteiger partial charge in [-0.15, -0.1) is 0 Å². The fraction of sp³-hybridized carbons (Fsp3) is 0.429. The third-order valence-electron chi connectivity index (χ3n) is 3.42. The lowest BCUT2D eigenvalue weighted by Crippen LogP contribution is -2.33. The minimum atomic E-state index is 0.121. The molecule has 1 aromatic rings. The van der Waals surface area contributed by atoms with E-state index in [2.05, 4.69) is 4.90 Å². The zero-order valence-electron chi connectivity index (χ0n) is 10.9. The van der Waals surface area contributed by atoms with Crippen molar-refractivity contribution in [3.63, 3.8) is 0 Å². The highest BCUT2D eigenvalue weighted by atomic mass is 35.5. The van der Waals surface area contributed by atoms with Crippen LogP contribution in [-0.4, -0.2) is 43.3 Å². The van der Waals surface area contributed by atoms with Crippen LogP contribution in [0.1, 0.15) is 23.7 Å². The summed E-state index contributed by atoms with van der Waals surface area (Å²) in [6.07, 6.45) is 1.69. The summed E-state index contributed by atoms with van der Waals surface area (Å²) >= 11 is 6.05. The van der Waals surface area contributed by atoms with Gasteiger partial charge in [-0.2, -0.15) is 0 Å². The predicted octanol–water partition coefficient (Wildman–Crippen LogP) is 2.21. The van der Waals surface area contributed by atoms with Crippen LogP contribution in [0.5, 0.6) is 0 Å². The molecule has 0 N–H and O–H groups in total. The average molecular weight is 281 g/mol. The number of benzene rings is 1. The van der Waals surface area contributed by atoms with E-state index in [0.717, 1.165) is 44.6 Å². The second kappa shape index (κ2) is 6.06. The maximum absolute atomic E-state index is 11.4. The van der Waals surface area contributed by atoms with Crippen LogP contribution in [0, 0.1) is 0 Å². The van der Waals surface area contributed by atoms with Gasteiger partial charge in [-0.3, -0.25) is 9.59 Å². The molecule has 0 bridgehead atoms. The van der Waals surface area contributed by atoms with Crippen LogP contribution in [0.15, 0.2) is 18.2 Å². The van der Waals surface area contributed by atoms with Crippen LogP contribution in [-0.2, 0) is 4.79 Å². The molecule has 1 heterocycles. The van der Waals surface area contributed by atoms with Crippen LogP contribution in [0.25, 0.3) is 0 Å². The second-order valence-electron chi connectivity index (χ2n) is 4.67. The molecule has 1 fully saturated rings. The van der Waals surface area contributed by atoms with Gasteiger partial charge in [0, 0.05) is 44.4 Å². The van der Waals surface area contributed by atoms with Gasteiger partial charge in [0.05, 0.1) is 5.02 Å². The summed E-state index contributed by atoms with van der Waals surface area (Å²) in [4.78, 5) is 26.2. The molecule has 1 aliphatic heterocycles. The summed E-state index contributed by atoms with van der Waals surface area (Å²) < 4.78 is 0. The molecule has 5 heteroatoms. The number of amides is 1. The number of carbonyl (C=O) groups is 2. The maximum Gasteiger partial charge on any atom is 0.219 e. The van der Waals surface area contributed by atoms with Gasteiger partial charge in [0.15, 0.2) is 6.29 Å². The maximum atomic E-state index is 11.4. The van der Waals surface area contributed by atoms with Crippen molar-refractivity contribution in [2.75, 3.05) is 31.1 Å². The molecule has 0 saturated carbocycles. The Morgan fingerprint density at radius 3 is 2.68 bits per heavy atom. The van der Waals surface area contributed by atoms with Crippen molar-refractivity contribution in [3.8, 4) is 0 Å². The monoisotopic (exact) mass is 280 g/mol. The predicted molar refractivity (Wildman–Crippen MR) is 75.9 cm³/mol. The van der Waals surface area contributed by atoms with Gasteiger partial charge < -0.3 is 9.80 Å². The lowest BCUT2D eigenvalue weighted by molar-refractivity contribution is -0.128. The molecule has 0 spiro atoms. The molecule has 19 heavy (non-hydrogen) atoms. The second-order valence-corrected chi connectivity index (χ2v) is 5.08. The fourth-order valence-corrected chi connectivity index (χ4v) is 2.52.